The van der Waals surface area contributed by atoms with Gasteiger partial charge in [0.05, 0.1) is 0 Å². The molecule has 0 aromatic heterocycles. The summed E-state index contributed by atoms with van der Waals surface area (Å²) in [6, 6.07) is 8.59. The third kappa shape index (κ3) is 4.80. The lowest BCUT2D eigenvalue weighted by Crippen LogP contribution is -2.21. The van der Waals surface area contributed by atoms with Crippen LogP contribution in [0.4, 0.5) is 0 Å². The smallest absolute Gasteiger partial charge is 0.0177 e. The Bertz CT molecular complexity index is 307. The fourth-order valence-electron chi connectivity index (χ4n) is 1.75. The molecule has 1 N–H and O–H groups in total. The van der Waals surface area contributed by atoms with Crippen LogP contribution >= 0.6 is 15.9 Å². The Hall–Kier alpha value is -0.340. The highest BCUT2D eigenvalue weighted by Gasteiger charge is 2.17. The maximum absolute atomic E-state index is 3.51. The summed E-state index contributed by atoms with van der Waals surface area (Å²) in [5.74, 6) is 0. The maximum atomic E-state index is 3.51. The molecular weight excluding hydrogens is 250 g/mol. The van der Waals surface area contributed by atoms with Crippen molar-refractivity contribution in [3.63, 3.8) is 0 Å². The Balaban J connectivity index is 2.60. The molecule has 0 saturated heterocycles. The van der Waals surface area contributed by atoms with Crippen molar-refractivity contribution in [1.82, 2.24) is 5.32 Å². The minimum Gasteiger partial charge on any atom is -0.320 e. The summed E-state index contributed by atoms with van der Waals surface area (Å²) in [6.07, 6.45) is 2.34. The van der Waals surface area contributed by atoms with Gasteiger partial charge in [-0.1, -0.05) is 41.9 Å². The normalized spacial score (nSPS) is 11.7. The molecule has 1 aromatic carbocycles. The van der Waals surface area contributed by atoms with Crippen molar-refractivity contribution in [3.8, 4) is 0 Å². The first-order valence-electron chi connectivity index (χ1n) is 5.42. The Morgan fingerprint density at radius 2 is 2.07 bits per heavy atom. The van der Waals surface area contributed by atoms with E-state index in [1.54, 1.807) is 0 Å². The molecule has 15 heavy (non-hydrogen) atoms. The van der Waals surface area contributed by atoms with E-state index in [0.717, 1.165) is 13.0 Å². The summed E-state index contributed by atoms with van der Waals surface area (Å²) < 4.78 is 1.17. The van der Waals surface area contributed by atoms with Gasteiger partial charge in [0, 0.05) is 4.47 Å². The van der Waals surface area contributed by atoms with Gasteiger partial charge in [0.15, 0.2) is 0 Å². The van der Waals surface area contributed by atoms with Crippen molar-refractivity contribution in [2.24, 2.45) is 5.41 Å². The number of halogens is 1. The Labute approximate surface area is 101 Å². The van der Waals surface area contributed by atoms with Crippen LogP contribution in [0, 0.1) is 5.41 Å². The van der Waals surface area contributed by atoms with Gasteiger partial charge in [-0.25, -0.2) is 0 Å². The highest BCUT2D eigenvalue weighted by atomic mass is 79.9. The number of rotatable bonds is 5. The monoisotopic (exact) mass is 269 g/mol. The van der Waals surface area contributed by atoms with Crippen molar-refractivity contribution < 1.29 is 0 Å². The van der Waals surface area contributed by atoms with Gasteiger partial charge in [-0.15, -0.1) is 0 Å². The van der Waals surface area contributed by atoms with Crippen molar-refractivity contribution in [2.45, 2.75) is 26.7 Å². The zero-order valence-electron chi connectivity index (χ0n) is 9.81. The van der Waals surface area contributed by atoms with Gasteiger partial charge in [-0.05, 0) is 49.5 Å². The molecular formula is C13H20BrN. The minimum atomic E-state index is 0.365. The average Bonchev–Trinajstić information content (AvgIpc) is 2.14. The van der Waals surface area contributed by atoms with Crippen LogP contribution in [0.5, 0.6) is 0 Å². The number of benzene rings is 1. The molecule has 0 heterocycles. The second-order valence-corrected chi connectivity index (χ2v) is 5.74. The van der Waals surface area contributed by atoms with E-state index >= 15 is 0 Å². The van der Waals surface area contributed by atoms with Gasteiger partial charge < -0.3 is 5.32 Å². The van der Waals surface area contributed by atoms with E-state index in [0.29, 0.717) is 5.41 Å². The first kappa shape index (κ1) is 12.7. The van der Waals surface area contributed by atoms with E-state index in [9.17, 15) is 0 Å². The first-order valence-corrected chi connectivity index (χ1v) is 6.22. The van der Waals surface area contributed by atoms with Crippen LogP contribution in [0.25, 0.3) is 0 Å². The standard InChI is InChI=1S/C13H20BrN/c1-13(2,7-8-15-3)10-11-5-4-6-12(14)9-11/h4-6,9,15H,7-8,10H2,1-3H3. The fraction of sp³-hybridized carbons (Fsp3) is 0.538. The van der Waals surface area contributed by atoms with E-state index in [-0.39, 0.29) is 0 Å². The molecule has 0 saturated carbocycles. The highest BCUT2D eigenvalue weighted by Crippen LogP contribution is 2.26. The fourth-order valence-corrected chi connectivity index (χ4v) is 2.20. The summed E-state index contributed by atoms with van der Waals surface area (Å²) >= 11 is 3.51. The molecule has 0 aliphatic heterocycles. The van der Waals surface area contributed by atoms with Crippen LogP contribution in [0.2, 0.25) is 0 Å². The van der Waals surface area contributed by atoms with Crippen molar-refractivity contribution in [3.05, 3.63) is 34.3 Å². The molecule has 1 rings (SSSR count). The Kier molecular flexibility index (Phi) is 4.81. The maximum Gasteiger partial charge on any atom is 0.0177 e. The molecule has 0 aliphatic carbocycles. The zero-order chi connectivity index (χ0) is 11.3. The predicted octanol–water partition coefficient (Wildman–Crippen LogP) is 3.63. The molecule has 2 heteroatoms. The molecule has 0 atom stereocenters. The quantitative estimate of drug-likeness (QED) is 0.861. The average molecular weight is 270 g/mol. The number of hydrogen-bond donors (Lipinski definition) is 1. The third-order valence-corrected chi connectivity index (χ3v) is 3.12. The van der Waals surface area contributed by atoms with Crippen LogP contribution in [0.3, 0.4) is 0 Å². The molecule has 0 amide bonds. The van der Waals surface area contributed by atoms with Crippen LogP contribution in [-0.4, -0.2) is 13.6 Å². The van der Waals surface area contributed by atoms with Crippen LogP contribution in [0.1, 0.15) is 25.8 Å². The predicted molar refractivity (Wildman–Crippen MR) is 70.2 cm³/mol. The van der Waals surface area contributed by atoms with E-state index in [1.807, 2.05) is 7.05 Å². The summed E-state index contributed by atoms with van der Waals surface area (Å²) in [5, 5.41) is 3.21. The lowest BCUT2D eigenvalue weighted by Gasteiger charge is -2.24. The first-order chi connectivity index (χ1) is 7.03. The molecule has 1 nitrogen and oxygen atoms in total. The van der Waals surface area contributed by atoms with Crippen LogP contribution < -0.4 is 5.32 Å². The third-order valence-electron chi connectivity index (χ3n) is 2.62. The van der Waals surface area contributed by atoms with Crippen LogP contribution in [-0.2, 0) is 6.42 Å². The van der Waals surface area contributed by atoms with Crippen molar-refractivity contribution in [1.29, 1.82) is 0 Å². The molecule has 0 aliphatic rings. The van der Waals surface area contributed by atoms with Crippen LogP contribution in [0.15, 0.2) is 28.7 Å². The topological polar surface area (TPSA) is 12.0 Å². The molecule has 0 fully saturated rings. The van der Waals surface area contributed by atoms with E-state index in [2.05, 4.69) is 59.4 Å². The highest BCUT2D eigenvalue weighted by molar-refractivity contribution is 9.10. The Morgan fingerprint density at radius 1 is 1.33 bits per heavy atom. The summed E-state index contributed by atoms with van der Waals surface area (Å²) in [5.41, 5.74) is 1.77. The molecule has 0 radical (unpaired) electrons. The lowest BCUT2D eigenvalue weighted by atomic mass is 9.83. The van der Waals surface area contributed by atoms with E-state index < -0.39 is 0 Å². The van der Waals surface area contributed by atoms with Gasteiger partial charge >= 0.3 is 0 Å². The van der Waals surface area contributed by atoms with E-state index in [1.165, 1.54) is 16.5 Å². The van der Waals surface area contributed by atoms with Gasteiger partial charge in [-0.2, -0.15) is 0 Å². The van der Waals surface area contributed by atoms with Crippen molar-refractivity contribution in [2.75, 3.05) is 13.6 Å². The molecule has 84 valence electrons. The van der Waals surface area contributed by atoms with Crippen molar-refractivity contribution >= 4 is 15.9 Å². The second-order valence-electron chi connectivity index (χ2n) is 4.82. The zero-order valence-corrected chi connectivity index (χ0v) is 11.4. The van der Waals surface area contributed by atoms with E-state index in [4.69, 9.17) is 0 Å². The minimum absolute atomic E-state index is 0.365. The van der Waals surface area contributed by atoms with Gasteiger partial charge in [-0.3, -0.25) is 0 Å². The van der Waals surface area contributed by atoms with Gasteiger partial charge in [0.25, 0.3) is 0 Å². The molecule has 0 spiro atoms. The summed E-state index contributed by atoms with van der Waals surface area (Å²) in [6.45, 7) is 5.73. The SMILES string of the molecule is CNCCC(C)(C)Cc1cccc(Br)c1. The summed E-state index contributed by atoms with van der Waals surface area (Å²) in [4.78, 5) is 0. The largest absolute Gasteiger partial charge is 0.320 e. The Morgan fingerprint density at radius 3 is 2.67 bits per heavy atom. The number of nitrogens with one attached hydrogen (secondary N) is 1. The number of hydrogen-bond acceptors (Lipinski definition) is 1. The molecule has 0 bridgehead atoms. The lowest BCUT2D eigenvalue weighted by molar-refractivity contribution is 0.329. The second kappa shape index (κ2) is 5.66. The van der Waals surface area contributed by atoms with Gasteiger partial charge in [0.1, 0.15) is 0 Å². The molecule has 0 unspecified atom stereocenters. The summed E-state index contributed by atoms with van der Waals surface area (Å²) in [7, 11) is 2.01. The van der Waals surface area contributed by atoms with Gasteiger partial charge in [0.2, 0.25) is 0 Å². The molecule has 1 aromatic rings.